The summed E-state index contributed by atoms with van der Waals surface area (Å²) < 4.78 is 75.2. The number of para-hydroxylation sites is 1. The van der Waals surface area contributed by atoms with Crippen molar-refractivity contribution in [2.24, 2.45) is 10.8 Å². The Bertz CT molecular complexity index is 3170. The highest BCUT2D eigenvalue weighted by Gasteiger charge is 2.39. The van der Waals surface area contributed by atoms with Gasteiger partial charge in [0.2, 0.25) is 0 Å². The van der Waals surface area contributed by atoms with Gasteiger partial charge in [-0.1, -0.05) is 58.5 Å². The molecule has 0 aromatic heterocycles. The number of amides is 3. The van der Waals surface area contributed by atoms with Crippen molar-refractivity contribution in [1.82, 2.24) is 10.3 Å². The van der Waals surface area contributed by atoms with Gasteiger partial charge in [0.25, 0.3) is 27.8 Å². The van der Waals surface area contributed by atoms with Gasteiger partial charge in [0.05, 0.1) is 81.8 Å². The maximum atomic E-state index is 14.3. The Hall–Kier alpha value is -6.57. The number of hydrogen-bond donors (Lipinski definition) is 4. The second kappa shape index (κ2) is 27.5. The average Bonchev–Trinajstić information content (AvgIpc) is 3.88. The predicted octanol–water partition coefficient (Wildman–Crippen LogP) is 8.09. The van der Waals surface area contributed by atoms with Crippen LogP contribution in [-0.4, -0.2) is 144 Å². The van der Waals surface area contributed by atoms with Crippen molar-refractivity contribution < 1.29 is 60.5 Å². The van der Waals surface area contributed by atoms with E-state index in [2.05, 4.69) is 36.7 Å². The van der Waals surface area contributed by atoms with Crippen LogP contribution in [0.2, 0.25) is 0 Å². The second-order valence-electron chi connectivity index (χ2n) is 20.1. The zero-order valence-corrected chi connectivity index (χ0v) is 48.9. The summed E-state index contributed by atoms with van der Waals surface area (Å²) in [4.78, 5) is 51.4. The molecular formula is C58H71N7O13S3. The average molecular weight is 1170 g/mol. The summed E-state index contributed by atoms with van der Waals surface area (Å²) in [5, 5.41) is 1.80. The van der Waals surface area contributed by atoms with Crippen LogP contribution in [0.3, 0.4) is 0 Å². The van der Waals surface area contributed by atoms with Crippen LogP contribution in [0.1, 0.15) is 71.0 Å². The molecule has 4 aliphatic rings. The lowest BCUT2D eigenvalue weighted by atomic mass is 10.1. The number of allylic oxidation sites excluding steroid dienone is 3. The van der Waals surface area contributed by atoms with Crippen LogP contribution in [0.15, 0.2) is 108 Å². The number of benzene rings is 4. The van der Waals surface area contributed by atoms with Crippen LogP contribution >= 0.6 is 21.6 Å². The molecule has 81 heavy (non-hydrogen) atoms. The molecule has 0 fully saturated rings. The van der Waals surface area contributed by atoms with Gasteiger partial charge in [0, 0.05) is 79.1 Å². The summed E-state index contributed by atoms with van der Waals surface area (Å²) in [5.74, 6) is 5.61. The molecule has 0 saturated heterocycles. The van der Waals surface area contributed by atoms with E-state index in [1.54, 1.807) is 49.6 Å². The maximum absolute atomic E-state index is 14.3. The number of nitrogens with zero attached hydrogens (tertiary/aromatic N) is 4. The molecule has 8 rings (SSSR count). The van der Waals surface area contributed by atoms with Gasteiger partial charge in [-0.05, 0) is 98.4 Å². The van der Waals surface area contributed by atoms with Crippen LogP contribution in [0.5, 0.6) is 23.0 Å². The standard InChI is InChI=1S/C58H71N7O13S3/c1-8-12-39-26-42-32-60-46-30-52(50(73-6)28-44(46)56(67)64(42)48(39)9-2)77-34-37-23-38(35-78-53-31-47-45(29-51(53)74-7)57(68)65-43(33-61-47)27-40-13-10-11-14-49(40)65)25-41(24-37)63(16-17-75-20-21-76-19-18-72-5)36-58(3,4)80-79-22-15-54(55(66)62-59)81(69,70)71/h8-14,23-25,28-32,42-43,54,61H,2,15-22,26-27,33-36,59H2,1,3-7H3,(H,62,66)(H,69,70,71)/b12-8-/t42-,43-,54?/m0/s1. The van der Waals surface area contributed by atoms with Crippen LogP contribution < -0.4 is 45.3 Å². The van der Waals surface area contributed by atoms with E-state index in [9.17, 15) is 27.4 Å². The van der Waals surface area contributed by atoms with E-state index < -0.39 is 26.0 Å². The van der Waals surface area contributed by atoms with Gasteiger partial charge in [0.1, 0.15) is 13.2 Å². The van der Waals surface area contributed by atoms with E-state index in [1.807, 2.05) is 71.9 Å². The van der Waals surface area contributed by atoms with Crippen LogP contribution in [0, 0.1) is 0 Å². The molecular weight excluding hydrogens is 1100 g/mol. The highest BCUT2D eigenvalue weighted by atomic mass is 33.1. The Morgan fingerprint density at radius 1 is 0.914 bits per heavy atom. The molecule has 4 aliphatic heterocycles. The number of hydrazine groups is 1. The number of fused-ring (bicyclic) bond motifs is 6. The number of carbonyl (C=O) groups excluding carboxylic acids is 3. The van der Waals surface area contributed by atoms with Gasteiger partial charge < -0.3 is 48.3 Å². The predicted molar refractivity (Wildman–Crippen MR) is 317 cm³/mol. The summed E-state index contributed by atoms with van der Waals surface area (Å²) in [5.41, 5.74) is 9.81. The Morgan fingerprint density at radius 2 is 1.58 bits per heavy atom. The Kier molecular flexibility index (Phi) is 20.5. The highest BCUT2D eigenvalue weighted by Crippen LogP contribution is 2.44. The number of methoxy groups -OCH3 is 3. The number of hydrogen-bond acceptors (Lipinski definition) is 18. The Labute approximate surface area is 481 Å². The minimum atomic E-state index is -4.70. The van der Waals surface area contributed by atoms with Crippen molar-refractivity contribution >= 4 is 78.4 Å². The molecule has 4 aromatic rings. The number of carbonyl (C=O) groups is 3. The van der Waals surface area contributed by atoms with Gasteiger partial charge in [-0.2, -0.15) is 8.42 Å². The fourth-order valence-electron chi connectivity index (χ4n) is 10.2. The molecule has 0 bridgehead atoms. The van der Waals surface area contributed by atoms with Crippen molar-refractivity contribution in [2.75, 3.05) is 94.9 Å². The van der Waals surface area contributed by atoms with Crippen molar-refractivity contribution in [2.45, 2.75) is 75.3 Å². The summed E-state index contributed by atoms with van der Waals surface area (Å²) >= 11 is 0. The van der Waals surface area contributed by atoms with Gasteiger partial charge in [-0.25, -0.2) is 5.84 Å². The van der Waals surface area contributed by atoms with E-state index in [0.29, 0.717) is 105 Å². The number of anilines is 3. The summed E-state index contributed by atoms with van der Waals surface area (Å²) in [6, 6.07) is 20.6. The zero-order chi connectivity index (χ0) is 57.8. The van der Waals surface area contributed by atoms with Gasteiger partial charge in [0.15, 0.2) is 28.2 Å². The fraction of sp³-hybridized carbons (Fsp3) is 0.414. The van der Waals surface area contributed by atoms with Crippen molar-refractivity contribution in [3.8, 4) is 23.0 Å². The van der Waals surface area contributed by atoms with Crippen molar-refractivity contribution in [3.63, 3.8) is 0 Å². The molecule has 0 radical (unpaired) electrons. The SMILES string of the molecule is C=CC1=C(/C=C\C)C[C@H]2C=Nc3cc(OCc4cc(COc5cc6c(cc5OC)C(=O)N5c7ccccc7C[C@H]5CN6)cc(N(CCOCCOCCOC)CC(C)(C)SSCCC(C(=O)NN)S(=O)(=O)O)c4)c(OC)cc3C(=O)N12. The first-order valence-electron chi connectivity index (χ1n) is 26.5. The first-order valence-corrected chi connectivity index (χ1v) is 30.3. The van der Waals surface area contributed by atoms with E-state index in [1.165, 1.54) is 28.7 Å². The smallest absolute Gasteiger partial charge is 0.277 e. The first kappa shape index (κ1) is 60.5. The quantitative estimate of drug-likeness (QED) is 0.0100. The summed E-state index contributed by atoms with van der Waals surface area (Å²) in [7, 11) is 2.84. The fourth-order valence-corrected chi connectivity index (χ4v) is 13.7. The molecule has 4 aromatic carbocycles. The molecule has 0 saturated carbocycles. The molecule has 1 unspecified atom stereocenters. The molecule has 0 spiro atoms. The third-order valence-electron chi connectivity index (χ3n) is 14.0. The lowest BCUT2D eigenvalue weighted by Crippen LogP contribution is -2.43. The largest absolute Gasteiger partial charge is 0.493 e. The topological polar surface area (TPSA) is 242 Å². The van der Waals surface area contributed by atoms with E-state index in [0.717, 1.165) is 45.8 Å². The van der Waals surface area contributed by atoms with Crippen LogP contribution in [-0.2, 0) is 48.8 Å². The van der Waals surface area contributed by atoms with E-state index in [4.69, 9.17) is 44.0 Å². The van der Waals surface area contributed by atoms with E-state index in [-0.39, 0.29) is 49.3 Å². The zero-order valence-electron chi connectivity index (χ0n) is 46.4. The summed E-state index contributed by atoms with van der Waals surface area (Å²) in [6.07, 6.45) is 8.58. The van der Waals surface area contributed by atoms with Gasteiger partial charge >= 0.3 is 0 Å². The van der Waals surface area contributed by atoms with Crippen LogP contribution in [0.4, 0.5) is 22.7 Å². The van der Waals surface area contributed by atoms with Gasteiger partial charge in [-0.15, -0.1) is 0 Å². The highest BCUT2D eigenvalue weighted by molar-refractivity contribution is 8.77. The molecule has 3 atom stereocenters. The number of rotatable bonds is 29. The number of ether oxygens (including phenoxy) is 7. The van der Waals surface area contributed by atoms with Crippen molar-refractivity contribution in [1.29, 1.82) is 0 Å². The third-order valence-corrected chi connectivity index (χ3v) is 18.5. The minimum Gasteiger partial charge on any atom is -0.493 e. The normalized spacial score (nSPS) is 16.9. The lowest BCUT2D eigenvalue weighted by Gasteiger charge is -2.34. The summed E-state index contributed by atoms with van der Waals surface area (Å²) in [6.45, 7) is 13.5. The molecule has 434 valence electrons. The van der Waals surface area contributed by atoms with Gasteiger partial charge in [-0.3, -0.25) is 34.3 Å². The molecule has 23 heteroatoms. The number of nitrogens with two attached hydrogens (primary N) is 1. The Morgan fingerprint density at radius 3 is 2.25 bits per heavy atom. The lowest BCUT2D eigenvalue weighted by molar-refractivity contribution is -0.120. The monoisotopic (exact) mass is 1170 g/mol. The molecule has 4 heterocycles. The molecule has 5 N–H and O–H groups in total. The van der Waals surface area contributed by atoms with Crippen molar-refractivity contribution in [3.05, 3.63) is 131 Å². The second-order valence-corrected chi connectivity index (χ2v) is 24.9. The number of aliphatic imine (C=N–C) groups is 1. The third kappa shape index (κ3) is 14.6. The first-order chi connectivity index (χ1) is 39.0. The van der Waals surface area contributed by atoms with Crippen LogP contribution in [0.25, 0.3) is 0 Å². The molecule has 0 aliphatic carbocycles. The maximum Gasteiger partial charge on any atom is 0.277 e. The molecule has 20 nitrogen and oxygen atoms in total. The minimum absolute atomic E-state index is 0.0515. The van der Waals surface area contributed by atoms with E-state index >= 15 is 0 Å². The Balaban J connectivity index is 1.10. The number of nitrogens with one attached hydrogen (secondary N) is 2. The molecule has 3 amide bonds.